The van der Waals surface area contributed by atoms with E-state index in [1.807, 2.05) is 6.07 Å². The summed E-state index contributed by atoms with van der Waals surface area (Å²) in [5.74, 6) is 0.576. The molecule has 1 heterocycles. The number of halogens is 1. The molecule has 0 bridgehead atoms. The van der Waals surface area contributed by atoms with Crippen LogP contribution >= 0.6 is 11.6 Å². The van der Waals surface area contributed by atoms with Crippen molar-refractivity contribution in [1.82, 2.24) is 4.98 Å². The van der Waals surface area contributed by atoms with Gasteiger partial charge < -0.3 is 11.1 Å². The summed E-state index contributed by atoms with van der Waals surface area (Å²) >= 11 is 5.99. The second kappa shape index (κ2) is 4.05. The van der Waals surface area contributed by atoms with Crippen LogP contribution in [0, 0.1) is 11.3 Å². The number of nitrogens with one attached hydrogen (secondary N) is 1. The standard InChI is InChI=1S/C10H11ClN4/c11-9-6(5-12)1-2-14-10(9)15-8-3-7(13)4-8/h1-2,7-8H,3-4,13H2,(H,14,15). The number of nitrogens with two attached hydrogens (primary N) is 1. The number of nitrogens with zero attached hydrogens (tertiary/aromatic N) is 2. The van der Waals surface area contributed by atoms with Crippen LogP contribution < -0.4 is 11.1 Å². The number of hydrogen-bond donors (Lipinski definition) is 2. The van der Waals surface area contributed by atoms with Gasteiger partial charge in [-0.1, -0.05) is 11.6 Å². The number of aromatic nitrogens is 1. The summed E-state index contributed by atoms with van der Waals surface area (Å²) in [7, 11) is 0. The first-order valence-electron chi connectivity index (χ1n) is 4.77. The molecule has 1 aromatic heterocycles. The van der Waals surface area contributed by atoms with Gasteiger partial charge in [0.2, 0.25) is 0 Å². The highest BCUT2D eigenvalue weighted by Gasteiger charge is 2.26. The fraction of sp³-hybridized carbons (Fsp3) is 0.400. The fourth-order valence-corrected chi connectivity index (χ4v) is 1.81. The van der Waals surface area contributed by atoms with E-state index in [-0.39, 0.29) is 6.04 Å². The second-order valence-corrected chi connectivity index (χ2v) is 4.08. The maximum Gasteiger partial charge on any atom is 0.146 e. The van der Waals surface area contributed by atoms with Crippen LogP contribution in [0.4, 0.5) is 5.82 Å². The lowest BCUT2D eigenvalue weighted by Gasteiger charge is -2.33. The summed E-state index contributed by atoms with van der Waals surface area (Å²) < 4.78 is 0. The Bertz CT molecular complexity index is 406. The van der Waals surface area contributed by atoms with Crippen LogP contribution in [-0.4, -0.2) is 17.1 Å². The number of nitriles is 1. The molecule has 0 unspecified atom stereocenters. The summed E-state index contributed by atoms with van der Waals surface area (Å²) in [5.41, 5.74) is 6.11. The van der Waals surface area contributed by atoms with E-state index in [0.717, 1.165) is 12.8 Å². The molecule has 2 rings (SSSR count). The van der Waals surface area contributed by atoms with Crippen LogP contribution in [0.25, 0.3) is 0 Å². The Hall–Kier alpha value is -1.31. The van der Waals surface area contributed by atoms with Gasteiger partial charge in [0.25, 0.3) is 0 Å². The lowest BCUT2D eigenvalue weighted by Crippen LogP contribution is -2.44. The summed E-state index contributed by atoms with van der Waals surface area (Å²) in [4.78, 5) is 4.10. The number of hydrogen-bond acceptors (Lipinski definition) is 4. The van der Waals surface area contributed by atoms with E-state index in [1.54, 1.807) is 12.3 Å². The van der Waals surface area contributed by atoms with Gasteiger partial charge in [0, 0.05) is 18.3 Å². The van der Waals surface area contributed by atoms with Crippen LogP contribution in [0.15, 0.2) is 12.3 Å². The minimum Gasteiger partial charge on any atom is -0.366 e. The highest BCUT2D eigenvalue weighted by Crippen LogP contribution is 2.27. The molecule has 0 spiro atoms. The normalized spacial score (nSPS) is 24.1. The Morgan fingerprint density at radius 1 is 1.60 bits per heavy atom. The predicted molar refractivity (Wildman–Crippen MR) is 58.6 cm³/mol. The van der Waals surface area contributed by atoms with Crippen molar-refractivity contribution in [2.75, 3.05) is 5.32 Å². The average molecular weight is 223 g/mol. The predicted octanol–water partition coefficient (Wildman–Crippen LogP) is 1.51. The second-order valence-electron chi connectivity index (χ2n) is 3.71. The van der Waals surface area contributed by atoms with E-state index in [4.69, 9.17) is 22.6 Å². The average Bonchev–Trinajstić information content (AvgIpc) is 2.18. The van der Waals surface area contributed by atoms with E-state index in [2.05, 4.69) is 10.3 Å². The van der Waals surface area contributed by atoms with Crippen molar-refractivity contribution in [3.05, 3.63) is 22.8 Å². The summed E-state index contributed by atoms with van der Waals surface area (Å²) in [5, 5.41) is 12.3. The Morgan fingerprint density at radius 3 is 2.93 bits per heavy atom. The van der Waals surface area contributed by atoms with Crippen molar-refractivity contribution in [2.45, 2.75) is 24.9 Å². The van der Waals surface area contributed by atoms with Gasteiger partial charge in [0.1, 0.15) is 16.9 Å². The van der Waals surface area contributed by atoms with Crippen molar-refractivity contribution >= 4 is 17.4 Å². The molecule has 78 valence electrons. The van der Waals surface area contributed by atoms with Crippen LogP contribution in [-0.2, 0) is 0 Å². The van der Waals surface area contributed by atoms with Crippen molar-refractivity contribution < 1.29 is 0 Å². The molecular formula is C10H11ClN4. The summed E-state index contributed by atoms with van der Waals surface area (Å²) in [6, 6.07) is 4.22. The molecule has 0 aromatic carbocycles. The first-order valence-corrected chi connectivity index (χ1v) is 5.15. The Kier molecular flexibility index (Phi) is 2.76. The zero-order valence-corrected chi connectivity index (χ0v) is 8.83. The van der Waals surface area contributed by atoms with Crippen LogP contribution in [0.5, 0.6) is 0 Å². The fourth-order valence-electron chi connectivity index (χ4n) is 1.60. The minimum absolute atomic E-state index is 0.278. The first-order chi connectivity index (χ1) is 7.20. The van der Waals surface area contributed by atoms with Crippen molar-refractivity contribution in [3.63, 3.8) is 0 Å². The molecule has 0 atom stereocenters. The molecule has 5 heteroatoms. The lowest BCUT2D eigenvalue weighted by atomic mass is 9.88. The molecule has 1 fully saturated rings. The highest BCUT2D eigenvalue weighted by molar-refractivity contribution is 6.34. The van der Waals surface area contributed by atoms with Crippen molar-refractivity contribution in [1.29, 1.82) is 5.26 Å². The smallest absolute Gasteiger partial charge is 0.146 e. The SMILES string of the molecule is N#Cc1ccnc(NC2CC(N)C2)c1Cl. The number of rotatable bonds is 2. The quantitative estimate of drug-likeness (QED) is 0.796. The molecular weight excluding hydrogens is 212 g/mol. The third-order valence-corrected chi connectivity index (χ3v) is 2.91. The zero-order chi connectivity index (χ0) is 10.8. The van der Waals surface area contributed by atoms with E-state index in [1.165, 1.54) is 0 Å². The first kappa shape index (κ1) is 10.2. The van der Waals surface area contributed by atoms with Gasteiger partial charge >= 0.3 is 0 Å². The molecule has 1 aromatic rings. The Labute approximate surface area is 93.1 Å². The maximum absolute atomic E-state index is 8.78. The molecule has 3 N–H and O–H groups in total. The summed E-state index contributed by atoms with van der Waals surface area (Å²) in [6.07, 6.45) is 3.43. The number of pyridine rings is 1. The molecule has 15 heavy (non-hydrogen) atoms. The van der Waals surface area contributed by atoms with Gasteiger partial charge in [-0.25, -0.2) is 4.98 Å². The van der Waals surface area contributed by atoms with Crippen LogP contribution in [0.1, 0.15) is 18.4 Å². The van der Waals surface area contributed by atoms with Gasteiger partial charge in [0.15, 0.2) is 0 Å². The molecule has 0 saturated heterocycles. The topological polar surface area (TPSA) is 74.7 Å². The molecule has 1 saturated carbocycles. The molecule has 4 nitrogen and oxygen atoms in total. The molecule has 0 radical (unpaired) electrons. The summed E-state index contributed by atoms with van der Waals surface area (Å²) in [6.45, 7) is 0. The van der Waals surface area contributed by atoms with E-state index >= 15 is 0 Å². The van der Waals surface area contributed by atoms with Crippen molar-refractivity contribution in [2.24, 2.45) is 5.73 Å². The van der Waals surface area contributed by atoms with Gasteiger partial charge in [-0.05, 0) is 18.9 Å². The van der Waals surface area contributed by atoms with E-state index in [9.17, 15) is 0 Å². The van der Waals surface area contributed by atoms with E-state index in [0.29, 0.717) is 22.4 Å². The van der Waals surface area contributed by atoms with Gasteiger partial charge in [-0.2, -0.15) is 5.26 Å². The van der Waals surface area contributed by atoms with Crippen LogP contribution in [0.3, 0.4) is 0 Å². The van der Waals surface area contributed by atoms with E-state index < -0.39 is 0 Å². The van der Waals surface area contributed by atoms with Gasteiger partial charge in [0.05, 0.1) is 5.56 Å². The van der Waals surface area contributed by atoms with Gasteiger partial charge in [-0.3, -0.25) is 0 Å². The maximum atomic E-state index is 8.78. The molecule has 1 aliphatic carbocycles. The Balaban J connectivity index is 2.12. The largest absolute Gasteiger partial charge is 0.366 e. The molecule has 0 amide bonds. The van der Waals surface area contributed by atoms with Crippen molar-refractivity contribution in [3.8, 4) is 6.07 Å². The van der Waals surface area contributed by atoms with Gasteiger partial charge in [-0.15, -0.1) is 0 Å². The minimum atomic E-state index is 0.278. The molecule has 1 aliphatic rings. The third-order valence-electron chi connectivity index (χ3n) is 2.53. The zero-order valence-electron chi connectivity index (χ0n) is 8.07. The monoisotopic (exact) mass is 222 g/mol. The highest BCUT2D eigenvalue weighted by atomic mass is 35.5. The number of anilines is 1. The molecule has 0 aliphatic heterocycles. The third kappa shape index (κ3) is 2.04. The lowest BCUT2D eigenvalue weighted by molar-refractivity contribution is 0.373. The van der Waals surface area contributed by atoms with Crippen LogP contribution in [0.2, 0.25) is 5.02 Å². The Morgan fingerprint density at radius 2 is 2.33 bits per heavy atom.